The highest BCUT2D eigenvalue weighted by molar-refractivity contribution is 7.32. The highest BCUT2D eigenvalue weighted by Gasteiger charge is 2.27. The van der Waals surface area contributed by atoms with Crippen molar-refractivity contribution in [2.24, 2.45) is 0 Å². The third-order valence-corrected chi connectivity index (χ3v) is 12.8. The largest absolute Gasteiger partial charge is 0.697 e. The minimum absolute atomic E-state index is 0.655. The summed E-state index contributed by atoms with van der Waals surface area (Å²) in [6.07, 6.45) is 33.2. The first-order valence-corrected chi connectivity index (χ1v) is 28.2. The lowest BCUT2D eigenvalue weighted by molar-refractivity contribution is -0.929. The Morgan fingerprint density at radius 3 is 0.483 bits per heavy atom. The van der Waals surface area contributed by atoms with Gasteiger partial charge in [0.15, 0.2) is 0 Å². The number of nitrogens with zero attached hydrogens (tertiary/aromatic N) is 3. The summed E-state index contributed by atoms with van der Waals surface area (Å²) in [5, 5.41) is 0. The van der Waals surface area contributed by atoms with Gasteiger partial charge < -0.3 is 13.4 Å². The molecule has 0 saturated heterocycles. The van der Waals surface area contributed by atoms with E-state index in [0.29, 0.717) is 0 Å². The molecule has 0 aromatic carbocycles. The molecule has 0 radical (unpaired) electrons. The van der Waals surface area contributed by atoms with E-state index < -0.39 is 23.3 Å². The summed E-state index contributed by atoms with van der Waals surface area (Å²) in [5.41, 5.74) is 0. The van der Waals surface area contributed by atoms with Gasteiger partial charge in [0, 0.05) is 9.13 Å². The summed E-state index contributed by atoms with van der Waals surface area (Å²) >= 11 is 0. The standard InChI is InChI=1S/3C16H36N.CH2O6P2/c3*1-5-9-13-17(14-10-6-2,15-11-7-3)16-12-8-4;2-8(3)6-1-7-9(4)5/h3*5-16H2,1-4H3;1H2/q3*+1;/p+2. The molecule has 0 aromatic rings. The highest BCUT2D eigenvalue weighted by atomic mass is 31.1. The van der Waals surface area contributed by atoms with Crippen molar-refractivity contribution in [3.63, 3.8) is 0 Å². The first-order valence-electron chi connectivity index (χ1n) is 26.0. The monoisotopic (exact) mass is 901 g/mol. The Labute approximate surface area is 379 Å². The molecule has 0 fully saturated rings. The minimum Gasteiger partial charge on any atom is -0.324 e. The number of rotatable bonds is 40. The molecule has 2 N–H and O–H groups in total. The SMILES string of the molecule is CCCC[N+](CCCC)(CCCC)CCCC.CCCC[N+](CCCC)(CCCC)CCCC.CCCC[N+](CCCC)(CCCC)CCCC.O=[P+](O)OCO[P+](=O)O. The van der Waals surface area contributed by atoms with E-state index in [1.807, 2.05) is 0 Å². The van der Waals surface area contributed by atoms with Crippen LogP contribution in [0.5, 0.6) is 0 Å². The summed E-state index contributed by atoms with van der Waals surface area (Å²) < 4.78 is 31.3. The van der Waals surface area contributed by atoms with E-state index in [0.717, 1.165) is 0 Å². The van der Waals surface area contributed by atoms with Gasteiger partial charge in [-0.25, -0.2) is 0 Å². The third-order valence-electron chi connectivity index (χ3n) is 12.2. The van der Waals surface area contributed by atoms with Crippen LogP contribution in [0.1, 0.15) is 237 Å². The van der Waals surface area contributed by atoms with E-state index in [1.54, 1.807) is 0 Å². The summed E-state index contributed by atoms with van der Waals surface area (Å²) in [4.78, 5) is 15.8. The van der Waals surface area contributed by atoms with Crippen LogP contribution in [0.15, 0.2) is 0 Å². The van der Waals surface area contributed by atoms with E-state index in [1.165, 1.54) is 246 Å². The van der Waals surface area contributed by atoms with Gasteiger partial charge in [-0.15, -0.1) is 9.79 Å². The van der Waals surface area contributed by atoms with Gasteiger partial charge in [0.25, 0.3) is 6.79 Å². The molecule has 0 saturated carbocycles. The maximum Gasteiger partial charge on any atom is 0.697 e. The number of hydrogen-bond acceptors (Lipinski definition) is 4. The van der Waals surface area contributed by atoms with Crippen molar-refractivity contribution in [2.45, 2.75) is 237 Å². The van der Waals surface area contributed by atoms with Crippen LogP contribution in [0.2, 0.25) is 0 Å². The predicted molar refractivity (Wildman–Crippen MR) is 265 cm³/mol. The van der Waals surface area contributed by atoms with Gasteiger partial charge in [-0.1, -0.05) is 169 Å². The van der Waals surface area contributed by atoms with Gasteiger partial charge in [0.2, 0.25) is 0 Å². The second-order valence-electron chi connectivity index (χ2n) is 17.8. The Balaban J connectivity index is -0.000000356. The fourth-order valence-electron chi connectivity index (χ4n) is 8.05. The predicted octanol–water partition coefficient (Wildman–Crippen LogP) is 15.3. The highest BCUT2D eigenvalue weighted by Crippen LogP contribution is 2.21. The quantitative estimate of drug-likeness (QED) is 0.0361. The molecular formula is C49H112N3O6P2+5. The van der Waals surface area contributed by atoms with Gasteiger partial charge in [0.1, 0.15) is 0 Å². The molecule has 60 heavy (non-hydrogen) atoms. The van der Waals surface area contributed by atoms with Crippen molar-refractivity contribution < 1.29 is 41.4 Å². The fraction of sp³-hybridized carbons (Fsp3) is 1.00. The topological polar surface area (TPSA) is 93.1 Å². The Morgan fingerprint density at radius 1 is 0.283 bits per heavy atom. The Hall–Kier alpha value is -0.0800. The summed E-state index contributed by atoms with van der Waals surface area (Å²) in [7, 11) is -5.49. The van der Waals surface area contributed by atoms with E-state index in [-0.39, 0.29) is 0 Å². The first kappa shape index (κ1) is 66.5. The van der Waals surface area contributed by atoms with E-state index in [4.69, 9.17) is 9.79 Å². The molecule has 2 atom stereocenters. The first-order chi connectivity index (χ1) is 28.9. The van der Waals surface area contributed by atoms with Crippen LogP contribution in [0.3, 0.4) is 0 Å². The maximum atomic E-state index is 9.65. The molecule has 0 aliphatic heterocycles. The van der Waals surface area contributed by atoms with Gasteiger partial charge >= 0.3 is 16.5 Å². The average Bonchev–Trinajstić information content (AvgIpc) is 3.25. The second-order valence-corrected chi connectivity index (χ2v) is 19.3. The van der Waals surface area contributed by atoms with Gasteiger partial charge in [-0.05, 0) is 77.0 Å². The third kappa shape index (κ3) is 43.2. The minimum atomic E-state index is -2.75. The molecule has 11 heteroatoms. The zero-order valence-corrected chi connectivity index (χ0v) is 44.7. The van der Waals surface area contributed by atoms with Crippen LogP contribution >= 0.6 is 16.5 Å². The van der Waals surface area contributed by atoms with E-state index in [9.17, 15) is 9.13 Å². The summed E-state index contributed by atoms with van der Waals surface area (Å²) in [6.45, 7) is 44.4. The molecular weight excluding hydrogens is 789 g/mol. The van der Waals surface area contributed by atoms with Crippen molar-refractivity contribution in [3.8, 4) is 0 Å². The van der Waals surface area contributed by atoms with Gasteiger partial charge in [-0.3, -0.25) is 0 Å². The smallest absolute Gasteiger partial charge is 0.324 e. The van der Waals surface area contributed by atoms with Crippen molar-refractivity contribution in [1.82, 2.24) is 0 Å². The Kier molecular flexibility index (Phi) is 55.4. The molecule has 9 nitrogen and oxygen atoms in total. The molecule has 0 spiro atoms. The van der Waals surface area contributed by atoms with Crippen molar-refractivity contribution in [1.29, 1.82) is 0 Å². The van der Waals surface area contributed by atoms with Crippen molar-refractivity contribution in [3.05, 3.63) is 0 Å². The normalized spacial score (nSPS) is 12.2. The molecule has 0 aliphatic rings. The molecule has 0 bridgehead atoms. The van der Waals surface area contributed by atoms with Crippen LogP contribution in [-0.4, -0.2) is 109 Å². The van der Waals surface area contributed by atoms with Gasteiger partial charge in [0.05, 0.1) is 78.5 Å². The molecule has 0 aliphatic carbocycles. The van der Waals surface area contributed by atoms with Crippen LogP contribution in [-0.2, 0) is 18.2 Å². The van der Waals surface area contributed by atoms with E-state index in [2.05, 4.69) is 92.1 Å². The zero-order valence-electron chi connectivity index (χ0n) is 42.9. The molecule has 364 valence electrons. The van der Waals surface area contributed by atoms with Crippen LogP contribution in [0.4, 0.5) is 0 Å². The molecule has 2 unspecified atom stereocenters. The lowest BCUT2D eigenvalue weighted by atomic mass is 10.1. The molecule has 0 aromatic heterocycles. The zero-order chi connectivity index (χ0) is 46.2. The maximum absolute atomic E-state index is 9.65. The van der Waals surface area contributed by atoms with Crippen molar-refractivity contribution in [2.75, 3.05) is 85.3 Å². The molecule has 0 amide bonds. The van der Waals surface area contributed by atoms with E-state index >= 15 is 0 Å². The Morgan fingerprint density at radius 2 is 0.400 bits per heavy atom. The lowest BCUT2D eigenvalue weighted by Crippen LogP contribution is -2.50. The number of quaternary nitrogens is 3. The second kappa shape index (κ2) is 49.9. The lowest BCUT2D eigenvalue weighted by Gasteiger charge is -2.39. The number of unbranched alkanes of at least 4 members (excludes halogenated alkanes) is 12. The van der Waals surface area contributed by atoms with Crippen LogP contribution < -0.4 is 0 Å². The summed E-state index contributed by atoms with van der Waals surface area (Å²) in [5.74, 6) is 0. The van der Waals surface area contributed by atoms with Crippen LogP contribution in [0.25, 0.3) is 0 Å². The Bertz CT molecular complexity index is 674. The number of hydrogen-bond donors (Lipinski definition) is 2. The average molecular weight is 901 g/mol. The molecule has 0 heterocycles. The van der Waals surface area contributed by atoms with Crippen LogP contribution in [0, 0.1) is 0 Å². The summed E-state index contributed by atoms with van der Waals surface area (Å²) in [6, 6.07) is 0. The molecule has 0 rings (SSSR count). The van der Waals surface area contributed by atoms with Gasteiger partial charge in [-0.2, -0.15) is 0 Å². The van der Waals surface area contributed by atoms with Crippen molar-refractivity contribution >= 4 is 16.5 Å². The fourth-order valence-corrected chi connectivity index (χ4v) is 8.42.